The second-order valence-corrected chi connectivity index (χ2v) is 4.61. The standard InChI is InChI=1S/C16H14N2O3/c1-11-14(15(18-21-11)13-8-5-9-20-13)16(19)17-10-12-6-3-2-4-7-12/h2-9H,10H2,1H3,(H,17,19). The second-order valence-electron chi connectivity index (χ2n) is 4.61. The van der Waals surface area contributed by atoms with Crippen molar-refractivity contribution in [3.05, 3.63) is 65.6 Å². The van der Waals surface area contributed by atoms with E-state index in [1.54, 1.807) is 19.1 Å². The molecule has 0 saturated heterocycles. The number of nitrogens with one attached hydrogen (secondary N) is 1. The van der Waals surface area contributed by atoms with Crippen LogP contribution in [0.3, 0.4) is 0 Å². The van der Waals surface area contributed by atoms with Gasteiger partial charge in [0.05, 0.1) is 6.26 Å². The predicted molar refractivity (Wildman–Crippen MR) is 76.6 cm³/mol. The van der Waals surface area contributed by atoms with Gasteiger partial charge in [-0.1, -0.05) is 35.5 Å². The molecule has 1 aromatic carbocycles. The third-order valence-electron chi connectivity index (χ3n) is 3.14. The van der Waals surface area contributed by atoms with Crippen molar-refractivity contribution in [3.63, 3.8) is 0 Å². The van der Waals surface area contributed by atoms with E-state index >= 15 is 0 Å². The van der Waals surface area contributed by atoms with Crippen LogP contribution in [0.25, 0.3) is 11.5 Å². The quantitative estimate of drug-likeness (QED) is 0.798. The molecule has 1 N–H and O–H groups in total. The number of hydrogen-bond acceptors (Lipinski definition) is 4. The number of aryl methyl sites for hydroxylation is 1. The van der Waals surface area contributed by atoms with Crippen LogP contribution < -0.4 is 5.32 Å². The van der Waals surface area contributed by atoms with Crippen LogP contribution in [-0.4, -0.2) is 11.1 Å². The van der Waals surface area contributed by atoms with Crippen LogP contribution in [0, 0.1) is 6.92 Å². The lowest BCUT2D eigenvalue weighted by Crippen LogP contribution is -2.23. The molecule has 1 amide bonds. The van der Waals surface area contributed by atoms with Crippen LogP contribution in [0.4, 0.5) is 0 Å². The van der Waals surface area contributed by atoms with Gasteiger partial charge in [-0.3, -0.25) is 4.79 Å². The first-order chi connectivity index (χ1) is 10.3. The molecule has 2 heterocycles. The van der Waals surface area contributed by atoms with E-state index in [0.29, 0.717) is 29.3 Å². The van der Waals surface area contributed by atoms with Gasteiger partial charge in [0, 0.05) is 6.54 Å². The van der Waals surface area contributed by atoms with E-state index in [1.807, 2.05) is 30.3 Å². The molecule has 106 valence electrons. The fourth-order valence-electron chi connectivity index (χ4n) is 2.09. The molecule has 0 atom stereocenters. The third-order valence-corrected chi connectivity index (χ3v) is 3.14. The van der Waals surface area contributed by atoms with Gasteiger partial charge in [0.15, 0.2) is 11.5 Å². The van der Waals surface area contributed by atoms with E-state index in [1.165, 1.54) is 6.26 Å². The summed E-state index contributed by atoms with van der Waals surface area (Å²) < 4.78 is 10.4. The summed E-state index contributed by atoms with van der Waals surface area (Å²) in [6.45, 7) is 2.15. The highest BCUT2D eigenvalue weighted by Crippen LogP contribution is 2.25. The average molecular weight is 282 g/mol. The van der Waals surface area contributed by atoms with Crippen LogP contribution in [0.5, 0.6) is 0 Å². The van der Waals surface area contributed by atoms with Crippen LogP contribution in [-0.2, 0) is 6.54 Å². The summed E-state index contributed by atoms with van der Waals surface area (Å²) in [6.07, 6.45) is 1.53. The van der Waals surface area contributed by atoms with Gasteiger partial charge in [0.2, 0.25) is 0 Å². The topological polar surface area (TPSA) is 68.3 Å². The molecule has 0 aliphatic carbocycles. The molecule has 0 fully saturated rings. The highest BCUT2D eigenvalue weighted by Gasteiger charge is 2.22. The van der Waals surface area contributed by atoms with Crippen molar-refractivity contribution in [2.45, 2.75) is 13.5 Å². The number of amides is 1. The van der Waals surface area contributed by atoms with Gasteiger partial charge in [-0.15, -0.1) is 0 Å². The second kappa shape index (κ2) is 5.66. The summed E-state index contributed by atoms with van der Waals surface area (Å²) in [5.74, 6) is 0.743. The Morgan fingerprint density at radius 3 is 2.71 bits per heavy atom. The highest BCUT2D eigenvalue weighted by molar-refractivity contribution is 6.00. The summed E-state index contributed by atoms with van der Waals surface area (Å²) in [5.41, 5.74) is 1.85. The van der Waals surface area contributed by atoms with Gasteiger partial charge in [-0.2, -0.15) is 0 Å². The van der Waals surface area contributed by atoms with Crippen molar-refractivity contribution < 1.29 is 13.7 Å². The van der Waals surface area contributed by atoms with Crippen LogP contribution >= 0.6 is 0 Å². The number of carbonyl (C=O) groups is 1. The number of nitrogens with zero attached hydrogens (tertiary/aromatic N) is 1. The molecule has 0 spiro atoms. The van der Waals surface area contributed by atoms with Gasteiger partial charge in [0.25, 0.3) is 5.91 Å². The van der Waals surface area contributed by atoms with Gasteiger partial charge >= 0.3 is 0 Å². The number of rotatable bonds is 4. The zero-order valence-electron chi connectivity index (χ0n) is 11.5. The molecule has 0 saturated carbocycles. The van der Waals surface area contributed by atoms with Crippen molar-refractivity contribution in [1.29, 1.82) is 0 Å². The van der Waals surface area contributed by atoms with E-state index in [4.69, 9.17) is 8.94 Å². The predicted octanol–water partition coefficient (Wildman–Crippen LogP) is 3.17. The summed E-state index contributed by atoms with van der Waals surface area (Å²) in [5, 5.41) is 6.77. The van der Waals surface area contributed by atoms with Crippen molar-refractivity contribution in [3.8, 4) is 11.5 Å². The molecule has 3 rings (SSSR count). The first kappa shape index (κ1) is 13.2. The average Bonchev–Trinajstić information content (AvgIpc) is 3.15. The molecular formula is C16H14N2O3. The van der Waals surface area contributed by atoms with Crippen LogP contribution in [0.2, 0.25) is 0 Å². The maximum absolute atomic E-state index is 12.4. The molecule has 21 heavy (non-hydrogen) atoms. The number of furan rings is 1. The zero-order valence-corrected chi connectivity index (χ0v) is 11.5. The molecule has 2 aromatic heterocycles. The minimum atomic E-state index is -0.232. The molecule has 5 nitrogen and oxygen atoms in total. The molecule has 0 bridgehead atoms. The molecule has 3 aromatic rings. The molecule has 0 aliphatic heterocycles. The number of carbonyl (C=O) groups excluding carboxylic acids is 1. The zero-order chi connectivity index (χ0) is 14.7. The van der Waals surface area contributed by atoms with Gasteiger partial charge < -0.3 is 14.3 Å². The van der Waals surface area contributed by atoms with E-state index < -0.39 is 0 Å². The SMILES string of the molecule is Cc1onc(-c2ccco2)c1C(=O)NCc1ccccc1. The Hall–Kier alpha value is -2.82. The number of hydrogen-bond donors (Lipinski definition) is 1. The molecular weight excluding hydrogens is 268 g/mol. The smallest absolute Gasteiger partial charge is 0.257 e. The fraction of sp³-hybridized carbons (Fsp3) is 0.125. The Labute approximate surface area is 121 Å². The maximum atomic E-state index is 12.4. The Bertz CT molecular complexity index is 730. The van der Waals surface area contributed by atoms with Crippen molar-refractivity contribution in [1.82, 2.24) is 10.5 Å². The van der Waals surface area contributed by atoms with Gasteiger partial charge in [-0.25, -0.2) is 0 Å². The van der Waals surface area contributed by atoms with E-state index in [2.05, 4.69) is 10.5 Å². The van der Waals surface area contributed by atoms with E-state index in [9.17, 15) is 4.79 Å². The molecule has 0 unspecified atom stereocenters. The monoisotopic (exact) mass is 282 g/mol. The minimum absolute atomic E-state index is 0.232. The number of benzene rings is 1. The van der Waals surface area contributed by atoms with E-state index in [0.717, 1.165) is 5.56 Å². The van der Waals surface area contributed by atoms with Gasteiger partial charge in [0.1, 0.15) is 11.3 Å². The minimum Gasteiger partial charge on any atom is -0.463 e. The summed E-state index contributed by atoms with van der Waals surface area (Å²) >= 11 is 0. The van der Waals surface area contributed by atoms with E-state index in [-0.39, 0.29) is 5.91 Å². The Balaban J connectivity index is 1.80. The third kappa shape index (κ3) is 2.72. The maximum Gasteiger partial charge on any atom is 0.257 e. The fourth-order valence-corrected chi connectivity index (χ4v) is 2.09. The van der Waals surface area contributed by atoms with Crippen molar-refractivity contribution in [2.75, 3.05) is 0 Å². The molecule has 0 aliphatic rings. The highest BCUT2D eigenvalue weighted by atomic mass is 16.5. The van der Waals surface area contributed by atoms with Crippen molar-refractivity contribution in [2.24, 2.45) is 0 Å². The van der Waals surface area contributed by atoms with Crippen LogP contribution in [0.15, 0.2) is 57.7 Å². The first-order valence-corrected chi connectivity index (χ1v) is 6.58. The lowest BCUT2D eigenvalue weighted by atomic mass is 10.1. The Morgan fingerprint density at radius 1 is 1.19 bits per heavy atom. The summed E-state index contributed by atoms with van der Waals surface area (Å²) in [7, 11) is 0. The molecule has 0 radical (unpaired) electrons. The van der Waals surface area contributed by atoms with Crippen molar-refractivity contribution >= 4 is 5.91 Å². The lowest BCUT2D eigenvalue weighted by Gasteiger charge is -2.05. The summed E-state index contributed by atoms with van der Waals surface area (Å²) in [6, 6.07) is 13.2. The largest absolute Gasteiger partial charge is 0.463 e. The molecule has 5 heteroatoms. The normalized spacial score (nSPS) is 10.5. The van der Waals surface area contributed by atoms with Gasteiger partial charge in [-0.05, 0) is 24.6 Å². The lowest BCUT2D eigenvalue weighted by molar-refractivity contribution is 0.0950. The number of aromatic nitrogens is 1. The van der Waals surface area contributed by atoms with Crippen LogP contribution in [0.1, 0.15) is 21.7 Å². The first-order valence-electron chi connectivity index (χ1n) is 6.58. The Morgan fingerprint density at radius 2 is 2.00 bits per heavy atom. The summed E-state index contributed by atoms with van der Waals surface area (Å²) in [4.78, 5) is 12.4. The Kier molecular flexibility index (Phi) is 3.55.